The third kappa shape index (κ3) is 3.62. The molecule has 0 radical (unpaired) electrons. The maximum Gasteiger partial charge on any atom is 0.330 e. The molecule has 1 aliphatic heterocycles. The van der Waals surface area contributed by atoms with Crippen molar-refractivity contribution in [1.29, 1.82) is 0 Å². The molecule has 4 rings (SSSR count). The summed E-state index contributed by atoms with van der Waals surface area (Å²) in [5.41, 5.74) is -0.0338. The molecule has 1 N–H and O–H groups in total. The van der Waals surface area contributed by atoms with Crippen LogP contribution < -0.4 is 11.2 Å². The van der Waals surface area contributed by atoms with Crippen molar-refractivity contribution in [2.24, 2.45) is 7.05 Å². The van der Waals surface area contributed by atoms with Gasteiger partial charge in [0.2, 0.25) is 5.89 Å². The van der Waals surface area contributed by atoms with Crippen molar-refractivity contribution in [3.63, 3.8) is 0 Å². The molecule has 3 aromatic rings. The Morgan fingerprint density at radius 1 is 1.28 bits per heavy atom. The molecular weight excluding hydrogens is 378 g/mol. The summed E-state index contributed by atoms with van der Waals surface area (Å²) in [6, 6.07) is -0.190. The Balaban J connectivity index is 1.72. The van der Waals surface area contributed by atoms with Crippen LogP contribution in [0.2, 0.25) is 0 Å². The first-order valence-electron chi connectivity index (χ1n) is 9.80. The highest BCUT2D eigenvalue weighted by Gasteiger charge is 2.30. The van der Waals surface area contributed by atoms with E-state index in [1.807, 2.05) is 0 Å². The molecule has 1 atom stereocenters. The first kappa shape index (κ1) is 19.5. The average Bonchev–Trinajstić information content (AvgIpc) is 3.26. The summed E-state index contributed by atoms with van der Waals surface area (Å²) < 4.78 is 14.2. The first-order valence-corrected chi connectivity index (χ1v) is 9.80. The van der Waals surface area contributed by atoms with Crippen LogP contribution in [0.15, 0.2) is 14.1 Å². The molecule has 11 heteroatoms. The van der Waals surface area contributed by atoms with Gasteiger partial charge < -0.3 is 13.8 Å². The molecule has 0 saturated carbocycles. The number of morpholine rings is 1. The van der Waals surface area contributed by atoms with Crippen LogP contribution in [0.1, 0.15) is 43.3 Å². The number of H-pyrrole nitrogens is 1. The number of nitrogens with one attached hydrogen (secondary N) is 1. The fourth-order valence-corrected chi connectivity index (χ4v) is 3.64. The lowest BCUT2D eigenvalue weighted by Gasteiger charge is -2.32. The van der Waals surface area contributed by atoms with E-state index in [9.17, 15) is 9.59 Å². The number of hydrogen-bond donors (Lipinski definition) is 1. The zero-order chi connectivity index (χ0) is 20.5. The van der Waals surface area contributed by atoms with Crippen LogP contribution in [0.4, 0.5) is 0 Å². The Labute approximate surface area is 166 Å². The number of ether oxygens (including phenoxy) is 1. The first-order chi connectivity index (χ1) is 14.0. The van der Waals surface area contributed by atoms with Crippen LogP contribution in [0.25, 0.3) is 11.2 Å². The van der Waals surface area contributed by atoms with Gasteiger partial charge in [0.15, 0.2) is 17.0 Å². The van der Waals surface area contributed by atoms with Crippen LogP contribution in [-0.4, -0.2) is 53.9 Å². The molecule has 11 nitrogen and oxygen atoms in total. The quantitative estimate of drug-likeness (QED) is 0.630. The van der Waals surface area contributed by atoms with Crippen molar-refractivity contribution in [1.82, 2.24) is 34.1 Å². The lowest BCUT2D eigenvalue weighted by molar-refractivity contribution is -0.0254. The van der Waals surface area contributed by atoms with Gasteiger partial charge in [0, 0.05) is 20.1 Å². The third-order valence-electron chi connectivity index (χ3n) is 5.25. The number of unbranched alkanes of at least 4 members (excludes halogenated alkanes) is 1. The highest BCUT2D eigenvalue weighted by Crippen LogP contribution is 2.25. The summed E-state index contributed by atoms with van der Waals surface area (Å²) in [6.45, 7) is 6.48. The molecular formula is C18H25N7O4. The largest absolute Gasteiger partial charge is 0.378 e. The molecule has 0 aliphatic carbocycles. The minimum absolute atomic E-state index is 0.190. The summed E-state index contributed by atoms with van der Waals surface area (Å²) in [5, 5.41) is 3.87. The molecule has 0 bridgehead atoms. The fraction of sp³-hybridized carbons (Fsp3) is 0.611. The minimum Gasteiger partial charge on any atom is -0.378 e. The van der Waals surface area contributed by atoms with Crippen LogP contribution >= 0.6 is 0 Å². The number of aromatic amines is 1. The summed E-state index contributed by atoms with van der Waals surface area (Å²) in [5.74, 6) is 1.75. The molecule has 156 valence electrons. The number of imidazole rings is 1. The van der Waals surface area contributed by atoms with E-state index in [0.717, 1.165) is 12.8 Å². The van der Waals surface area contributed by atoms with E-state index in [2.05, 4.69) is 31.9 Å². The van der Waals surface area contributed by atoms with Crippen molar-refractivity contribution in [2.45, 2.75) is 45.8 Å². The van der Waals surface area contributed by atoms with Gasteiger partial charge in [0.25, 0.3) is 5.56 Å². The van der Waals surface area contributed by atoms with E-state index >= 15 is 0 Å². The molecule has 3 aromatic heterocycles. The molecule has 1 aliphatic rings. The van der Waals surface area contributed by atoms with E-state index in [4.69, 9.17) is 9.26 Å². The Morgan fingerprint density at radius 3 is 2.83 bits per heavy atom. The SMILES string of the molecule is CCCCn1c(=O)[nH]c(=O)c2c1nc(CN1CCOC[C@H]1c1nc(C)no1)n2C. The monoisotopic (exact) mass is 403 g/mol. The Kier molecular flexibility index (Phi) is 5.33. The second-order valence-electron chi connectivity index (χ2n) is 7.26. The summed E-state index contributed by atoms with van der Waals surface area (Å²) >= 11 is 0. The van der Waals surface area contributed by atoms with E-state index in [1.165, 1.54) is 0 Å². The van der Waals surface area contributed by atoms with Gasteiger partial charge in [-0.25, -0.2) is 9.78 Å². The van der Waals surface area contributed by atoms with Crippen molar-refractivity contribution in [3.05, 3.63) is 38.4 Å². The van der Waals surface area contributed by atoms with E-state index < -0.39 is 11.2 Å². The number of rotatable bonds is 6. The van der Waals surface area contributed by atoms with Gasteiger partial charge in [0.1, 0.15) is 11.9 Å². The predicted octanol–water partition coefficient (Wildman–Crippen LogP) is 0.488. The summed E-state index contributed by atoms with van der Waals surface area (Å²) in [6.07, 6.45) is 1.76. The Hall–Kier alpha value is -2.79. The second kappa shape index (κ2) is 7.91. The van der Waals surface area contributed by atoms with Crippen LogP contribution in [0.3, 0.4) is 0 Å². The Bertz CT molecular complexity index is 1130. The Morgan fingerprint density at radius 2 is 2.10 bits per heavy atom. The third-order valence-corrected chi connectivity index (χ3v) is 5.25. The number of nitrogens with zero attached hydrogens (tertiary/aromatic N) is 6. The molecule has 4 heterocycles. The predicted molar refractivity (Wildman–Crippen MR) is 104 cm³/mol. The van der Waals surface area contributed by atoms with Gasteiger partial charge in [-0.2, -0.15) is 4.98 Å². The number of fused-ring (bicyclic) bond motifs is 1. The van der Waals surface area contributed by atoms with Gasteiger partial charge in [-0.05, 0) is 13.3 Å². The van der Waals surface area contributed by atoms with Crippen LogP contribution in [-0.2, 0) is 24.9 Å². The molecule has 1 fully saturated rings. The highest BCUT2D eigenvalue weighted by molar-refractivity contribution is 5.70. The average molecular weight is 403 g/mol. The van der Waals surface area contributed by atoms with Gasteiger partial charge in [-0.15, -0.1) is 0 Å². The van der Waals surface area contributed by atoms with Crippen molar-refractivity contribution >= 4 is 11.2 Å². The van der Waals surface area contributed by atoms with Gasteiger partial charge in [0.05, 0.1) is 19.8 Å². The zero-order valence-corrected chi connectivity index (χ0v) is 16.8. The van der Waals surface area contributed by atoms with Gasteiger partial charge in [-0.3, -0.25) is 19.2 Å². The maximum atomic E-state index is 12.4. The highest BCUT2D eigenvalue weighted by atomic mass is 16.5. The summed E-state index contributed by atoms with van der Waals surface area (Å²) in [7, 11) is 1.79. The molecule has 1 saturated heterocycles. The van der Waals surface area contributed by atoms with Crippen molar-refractivity contribution in [3.8, 4) is 0 Å². The normalized spacial score (nSPS) is 18.0. The van der Waals surface area contributed by atoms with E-state index in [-0.39, 0.29) is 6.04 Å². The fourth-order valence-electron chi connectivity index (χ4n) is 3.64. The maximum absolute atomic E-state index is 12.4. The molecule has 29 heavy (non-hydrogen) atoms. The summed E-state index contributed by atoms with van der Waals surface area (Å²) in [4.78, 5) is 38.3. The van der Waals surface area contributed by atoms with Gasteiger partial charge in [-0.1, -0.05) is 18.5 Å². The molecule has 0 amide bonds. The lowest BCUT2D eigenvalue weighted by atomic mass is 10.2. The molecule has 0 unspecified atom stereocenters. The number of aryl methyl sites for hydroxylation is 3. The zero-order valence-electron chi connectivity index (χ0n) is 16.8. The van der Waals surface area contributed by atoms with E-state index in [0.29, 0.717) is 61.6 Å². The molecule has 0 spiro atoms. The smallest absolute Gasteiger partial charge is 0.330 e. The second-order valence-corrected chi connectivity index (χ2v) is 7.26. The van der Waals surface area contributed by atoms with Crippen molar-refractivity contribution in [2.75, 3.05) is 19.8 Å². The molecule has 0 aromatic carbocycles. The lowest BCUT2D eigenvalue weighted by Crippen LogP contribution is -2.39. The van der Waals surface area contributed by atoms with Crippen molar-refractivity contribution < 1.29 is 9.26 Å². The van der Waals surface area contributed by atoms with Gasteiger partial charge >= 0.3 is 5.69 Å². The topological polar surface area (TPSA) is 124 Å². The minimum atomic E-state index is -0.426. The number of hydrogen-bond acceptors (Lipinski definition) is 8. The standard InChI is InChI=1S/C18H25N7O4/c1-4-5-6-25-15-14(16(26)21-18(25)27)23(3)13(20-15)9-24-7-8-28-10-12(24)17-19-11(2)22-29-17/h12H,4-10H2,1-3H3,(H,21,26,27)/t12-/m0/s1. The van der Waals surface area contributed by atoms with Crippen LogP contribution in [0, 0.1) is 6.92 Å². The van der Waals surface area contributed by atoms with Crippen LogP contribution in [0.5, 0.6) is 0 Å². The van der Waals surface area contributed by atoms with E-state index in [1.54, 1.807) is 23.1 Å². The number of aromatic nitrogens is 6.